The van der Waals surface area contributed by atoms with E-state index in [1.165, 1.54) is 19.3 Å². The van der Waals surface area contributed by atoms with E-state index in [1.54, 1.807) is 0 Å². The van der Waals surface area contributed by atoms with Crippen LogP contribution in [0.4, 0.5) is 0 Å². The highest BCUT2D eigenvalue weighted by molar-refractivity contribution is 6.21. The number of hydrogen-bond donors (Lipinski definition) is 2. The van der Waals surface area contributed by atoms with Gasteiger partial charge in [-0.2, -0.15) is 0 Å². The Morgan fingerprint density at radius 2 is 1.96 bits per heavy atom. The van der Waals surface area contributed by atoms with Gasteiger partial charge in [0.25, 0.3) is 0 Å². The molecule has 0 amide bonds. The fraction of sp³-hybridized carbons (Fsp3) is 0.842. The van der Waals surface area contributed by atoms with Crippen molar-refractivity contribution in [2.45, 2.75) is 81.8 Å². The van der Waals surface area contributed by atoms with Crippen LogP contribution in [0.2, 0.25) is 0 Å². The second-order valence-electron chi connectivity index (χ2n) is 7.09. The Labute approximate surface area is 144 Å². The van der Waals surface area contributed by atoms with Crippen LogP contribution in [0.3, 0.4) is 0 Å². The molecular weight excluding hydrogens is 312 g/mol. The minimum atomic E-state index is -0.576. The largest absolute Gasteiger partial charge is 0.392 e. The van der Waals surface area contributed by atoms with E-state index in [0.29, 0.717) is 12.8 Å². The molecule has 2 N–H and O–H groups in total. The molecule has 3 nitrogen and oxygen atoms in total. The minimum absolute atomic E-state index is 0.0626. The van der Waals surface area contributed by atoms with E-state index in [4.69, 9.17) is 11.6 Å². The lowest BCUT2D eigenvalue weighted by molar-refractivity contribution is -0.107. The number of hydrogen-bond acceptors (Lipinski definition) is 3. The van der Waals surface area contributed by atoms with Gasteiger partial charge in [0, 0.05) is 11.8 Å². The van der Waals surface area contributed by atoms with Crippen LogP contribution in [0.25, 0.3) is 0 Å². The Hall–Kier alpha value is -0.560. The zero-order chi connectivity index (χ0) is 16.7. The van der Waals surface area contributed by atoms with Gasteiger partial charge in [0.2, 0.25) is 0 Å². The topological polar surface area (TPSA) is 57.5 Å². The fourth-order valence-corrected chi connectivity index (χ4v) is 4.45. The number of alkyl halides is 1. The highest BCUT2D eigenvalue weighted by Crippen LogP contribution is 2.39. The molecule has 0 heterocycles. The van der Waals surface area contributed by atoms with Crippen LogP contribution in [0.15, 0.2) is 0 Å². The molecule has 2 saturated carbocycles. The summed E-state index contributed by atoms with van der Waals surface area (Å²) in [5, 5.41) is 20.5. The second kappa shape index (κ2) is 9.67. The Morgan fingerprint density at radius 3 is 2.65 bits per heavy atom. The number of rotatable bonds is 6. The second-order valence-corrected chi connectivity index (χ2v) is 7.65. The van der Waals surface area contributed by atoms with Gasteiger partial charge in [-0.25, -0.2) is 0 Å². The van der Waals surface area contributed by atoms with Crippen molar-refractivity contribution in [1.82, 2.24) is 0 Å². The van der Waals surface area contributed by atoms with Crippen molar-refractivity contribution >= 4 is 17.9 Å². The van der Waals surface area contributed by atoms with Crippen LogP contribution in [-0.2, 0) is 4.79 Å². The van der Waals surface area contributed by atoms with Crippen molar-refractivity contribution < 1.29 is 15.0 Å². The lowest BCUT2D eigenvalue weighted by atomic mass is 9.84. The molecule has 2 aliphatic rings. The average molecular weight is 341 g/mol. The number of unbranched alkanes of at least 4 members (excludes halogenated alkanes) is 2. The molecule has 0 spiro atoms. The standard InChI is InChI=1S/C19H29ClO3/c20-17-13-19(23)16(15(17)9-5-2-6-12-21)10-11-18(22)14-7-3-1-4-8-14/h12,14-19,22-23H,1-9,13H2/t15-,16-,17-,18-,19-/m1/s1. The summed E-state index contributed by atoms with van der Waals surface area (Å²) < 4.78 is 0. The molecule has 0 aromatic heterocycles. The summed E-state index contributed by atoms with van der Waals surface area (Å²) in [6.45, 7) is 0. The summed E-state index contributed by atoms with van der Waals surface area (Å²) in [6, 6.07) is 0. The maximum absolute atomic E-state index is 10.4. The molecule has 0 aromatic carbocycles. The number of aldehydes is 1. The molecule has 0 bridgehead atoms. The lowest BCUT2D eigenvalue weighted by Gasteiger charge is -2.24. The summed E-state index contributed by atoms with van der Waals surface area (Å²) >= 11 is 6.38. The van der Waals surface area contributed by atoms with Crippen molar-refractivity contribution in [3.05, 3.63) is 0 Å². The Kier molecular flexibility index (Phi) is 7.89. The molecule has 0 aliphatic heterocycles. The van der Waals surface area contributed by atoms with Crippen molar-refractivity contribution in [2.24, 2.45) is 17.8 Å². The van der Waals surface area contributed by atoms with Crippen LogP contribution >= 0.6 is 11.6 Å². The molecule has 0 radical (unpaired) electrons. The maximum atomic E-state index is 10.4. The third-order valence-electron chi connectivity index (χ3n) is 5.41. The maximum Gasteiger partial charge on any atom is 0.119 e. The molecule has 5 atom stereocenters. The predicted molar refractivity (Wildman–Crippen MR) is 92.1 cm³/mol. The summed E-state index contributed by atoms with van der Waals surface area (Å²) in [5.41, 5.74) is 0. The van der Waals surface area contributed by atoms with E-state index in [1.807, 2.05) is 0 Å². The molecule has 130 valence electrons. The van der Waals surface area contributed by atoms with Gasteiger partial charge < -0.3 is 15.0 Å². The molecule has 2 rings (SSSR count). The van der Waals surface area contributed by atoms with Crippen molar-refractivity contribution in [2.75, 3.05) is 0 Å². The fourth-order valence-electron chi connectivity index (χ4n) is 3.98. The summed E-state index contributed by atoms with van der Waals surface area (Å²) in [4.78, 5) is 10.4. The van der Waals surface area contributed by atoms with Gasteiger partial charge in [-0.05, 0) is 43.9 Å². The highest BCUT2D eigenvalue weighted by Gasteiger charge is 2.40. The van der Waals surface area contributed by atoms with E-state index < -0.39 is 12.2 Å². The third kappa shape index (κ3) is 5.48. The van der Waals surface area contributed by atoms with Gasteiger partial charge in [-0.15, -0.1) is 11.6 Å². The van der Waals surface area contributed by atoms with Gasteiger partial charge in [0.15, 0.2) is 0 Å². The van der Waals surface area contributed by atoms with Gasteiger partial charge in [0.05, 0.1) is 12.0 Å². The molecule has 0 saturated heterocycles. The first-order valence-corrected chi connectivity index (χ1v) is 9.52. The van der Waals surface area contributed by atoms with Crippen LogP contribution in [0, 0.1) is 29.6 Å². The SMILES string of the molecule is O=CCCCC[C@@H]1[C@@H](C#C[C@@H](O)C2CCCCC2)[C@H](O)C[C@H]1Cl. The zero-order valence-corrected chi connectivity index (χ0v) is 14.5. The van der Waals surface area contributed by atoms with E-state index in [2.05, 4.69) is 11.8 Å². The van der Waals surface area contributed by atoms with Gasteiger partial charge >= 0.3 is 0 Å². The van der Waals surface area contributed by atoms with Crippen LogP contribution in [0.5, 0.6) is 0 Å². The van der Waals surface area contributed by atoms with Crippen molar-refractivity contribution in [1.29, 1.82) is 0 Å². The van der Waals surface area contributed by atoms with E-state index in [-0.39, 0.29) is 23.1 Å². The number of halogens is 1. The van der Waals surface area contributed by atoms with Gasteiger partial charge in [-0.1, -0.05) is 37.5 Å². The van der Waals surface area contributed by atoms with Crippen LogP contribution < -0.4 is 0 Å². The molecule has 23 heavy (non-hydrogen) atoms. The smallest absolute Gasteiger partial charge is 0.119 e. The Balaban J connectivity index is 1.92. The molecule has 2 aliphatic carbocycles. The van der Waals surface area contributed by atoms with Crippen LogP contribution in [0.1, 0.15) is 64.2 Å². The predicted octanol–water partition coefficient (Wildman–Crippen LogP) is 3.29. The lowest BCUT2D eigenvalue weighted by Crippen LogP contribution is -2.23. The monoisotopic (exact) mass is 340 g/mol. The first kappa shape index (κ1) is 18.8. The number of aliphatic hydroxyl groups is 2. The number of aliphatic hydroxyl groups excluding tert-OH is 2. The summed E-state index contributed by atoms with van der Waals surface area (Å²) in [6.07, 6.45) is 9.42. The highest BCUT2D eigenvalue weighted by atomic mass is 35.5. The van der Waals surface area contributed by atoms with Gasteiger partial charge in [-0.3, -0.25) is 0 Å². The summed E-state index contributed by atoms with van der Waals surface area (Å²) in [7, 11) is 0. The van der Waals surface area contributed by atoms with Crippen LogP contribution in [-0.4, -0.2) is 34.1 Å². The number of carbonyl (C=O) groups is 1. The van der Waals surface area contributed by atoms with E-state index in [9.17, 15) is 15.0 Å². The summed E-state index contributed by atoms with van der Waals surface area (Å²) in [5.74, 6) is 6.45. The number of carbonyl (C=O) groups excluding carboxylic acids is 1. The van der Waals surface area contributed by atoms with E-state index >= 15 is 0 Å². The molecule has 4 heteroatoms. The average Bonchev–Trinajstić information content (AvgIpc) is 2.83. The molecule has 0 aromatic rings. The zero-order valence-electron chi connectivity index (χ0n) is 13.8. The Morgan fingerprint density at radius 1 is 1.22 bits per heavy atom. The third-order valence-corrected chi connectivity index (χ3v) is 5.91. The first-order valence-electron chi connectivity index (χ1n) is 9.08. The van der Waals surface area contributed by atoms with Crippen molar-refractivity contribution in [3.63, 3.8) is 0 Å². The quantitative estimate of drug-likeness (QED) is 0.337. The molecular formula is C19H29ClO3. The van der Waals surface area contributed by atoms with Gasteiger partial charge in [0.1, 0.15) is 12.4 Å². The normalized spacial score (nSPS) is 33.0. The minimum Gasteiger partial charge on any atom is -0.392 e. The molecule has 2 fully saturated rings. The molecule has 0 unspecified atom stereocenters. The van der Waals surface area contributed by atoms with E-state index in [0.717, 1.165) is 38.4 Å². The first-order chi connectivity index (χ1) is 11.1. The Bertz CT molecular complexity index is 422. The van der Waals surface area contributed by atoms with Crippen molar-refractivity contribution in [3.8, 4) is 11.8 Å².